The number of carbonyl (C=O) groups excluding carboxylic acids is 1. The molecule has 0 aromatic heterocycles. The highest BCUT2D eigenvalue weighted by Gasteiger charge is 2.48. The summed E-state index contributed by atoms with van der Waals surface area (Å²) in [5.41, 5.74) is -0.0669. The van der Waals surface area contributed by atoms with Crippen LogP contribution in [0.25, 0.3) is 0 Å². The zero-order chi connectivity index (χ0) is 16.7. The number of carboxylic acids is 1. The van der Waals surface area contributed by atoms with Crippen LogP contribution in [0.5, 0.6) is 0 Å². The molecule has 1 aromatic rings. The van der Waals surface area contributed by atoms with E-state index in [1.165, 1.54) is 5.56 Å². The van der Waals surface area contributed by atoms with E-state index < -0.39 is 11.4 Å². The second-order valence-electron chi connectivity index (χ2n) is 6.69. The summed E-state index contributed by atoms with van der Waals surface area (Å²) in [5, 5.41) is 12.5. The molecule has 2 rings (SSSR count). The molecule has 1 saturated carbocycles. The Balaban J connectivity index is 1.87. The van der Waals surface area contributed by atoms with Crippen LogP contribution in [0.2, 0.25) is 0 Å². The Morgan fingerprint density at radius 3 is 2.43 bits per heavy atom. The van der Waals surface area contributed by atoms with Gasteiger partial charge in [-0.2, -0.15) is 0 Å². The Hall–Kier alpha value is -1.84. The quantitative estimate of drug-likeness (QED) is 0.598. The summed E-state index contributed by atoms with van der Waals surface area (Å²) in [6.07, 6.45) is 6.56. The SMILES string of the molecule is CC(C(=O)O)(C(=O)NCCCc1ccccc1)C1CCCCC1. The first-order valence-corrected chi connectivity index (χ1v) is 8.60. The summed E-state index contributed by atoms with van der Waals surface area (Å²) in [6.45, 7) is 2.11. The molecule has 2 N–H and O–H groups in total. The number of carbonyl (C=O) groups is 2. The number of carboxylic acid groups (broad SMARTS) is 1. The lowest BCUT2D eigenvalue weighted by atomic mass is 9.69. The van der Waals surface area contributed by atoms with Crippen LogP contribution in [0.4, 0.5) is 0 Å². The first-order chi connectivity index (χ1) is 11.0. The van der Waals surface area contributed by atoms with Crippen molar-refractivity contribution < 1.29 is 14.7 Å². The van der Waals surface area contributed by atoms with E-state index >= 15 is 0 Å². The van der Waals surface area contributed by atoms with E-state index in [0.29, 0.717) is 6.54 Å². The molecule has 126 valence electrons. The number of benzene rings is 1. The molecule has 0 heterocycles. The van der Waals surface area contributed by atoms with Crippen molar-refractivity contribution in [1.29, 1.82) is 0 Å². The van der Waals surface area contributed by atoms with Crippen LogP contribution in [0, 0.1) is 11.3 Å². The molecule has 1 aliphatic carbocycles. The summed E-state index contributed by atoms with van der Waals surface area (Å²) in [7, 11) is 0. The topological polar surface area (TPSA) is 66.4 Å². The van der Waals surface area contributed by atoms with Crippen LogP contribution < -0.4 is 5.32 Å². The highest BCUT2D eigenvalue weighted by molar-refractivity contribution is 6.01. The van der Waals surface area contributed by atoms with Crippen LogP contribution in [0.1, 0.15) is 51.0 Å². The summed E-state index contributed by atoms with van der Waals surface area (Å²) in [6, 6.07) is 10.1. The molecule has 1 aromatic carbocycles. The fourth-order valence-electron chi connectivity index (χ4n) is 3.46. The minimum atomic E-state index is -1.30. The molecular formula is C19H27NO3. The van der Waals surface area contributed by atoms with Crippen LogP contribution in [-0.4, -0.2) is 23.5 Å². The van der Waals surface area contributed by atoms with Gasteiger partial charge in [0.25, 0.3) is 0 Å². The smallest absolute Gasteiger partial charge is 0.319 e. The highest BCUT2D eigenvalue weighted by Crippen LogP contribution is 2.39. The lowest BCUT2D eigenvalue weighted by molar-refractivity contribution is -0.159. The van der Waals surface area contributed by atoms with Gasteiger partial charge in [-0.25, -0.2) is 0 Å². The van der Waals surface area contributed by atoms with Gasteiger partial charge in [-0.1, -0.05) is 49.6 Å². The minimum Gasteiger partial charge on any atom is -0.480 e. The van der Waals surface area contributed by atoms with Crippen molar-refractivity contribution in [3.8, 4) is 0 Å². The maximum Gasteiger partial charge on any atom is 0.319 e. The van der Waals surface area contributed by atoms with Gasteiger partial charge in [0.2, 0.25) is 5.91 Å². The molecule has 1 amide bonds. The third kappa shape index (κ3) is 4.34. The number of rotatable bonds is 7. The van der Waals surface area contributed by atoms with Crippen molar-refractivity contribution in [1.82, 2.24) is 5.32 Å². The summed E-state index contributed by atoms with van der Waals surface area (Å²) < 4.78 is 0. The summed E-state index contributed by atoms with van der Waals surface area (Å²) in [4.78, 5) is 24.3. The molecule has 0 radical (unpaired) electrons. The number of amides is 1. The largest absolute Gasteiger partial charge is 0.480 e. The van der Waals surface area contributed by atoms with Crippen LogP contribution in [-0.2, 0) is 16.0 Å². The second kappa shape index (κ2) is 8.14. The van der Waals surface area contributed by atoms with Gasteiger partial charge in [-0.15, -0.1) is 0 Å². The molecule has 23 heavy (non-hydrogen) atoms. The zero-order valence-electron chi connectivity index (χ0n) is 13.9. The van der Waals surface area contributed by atoms with Gasteiger partial charge < -0.3 is 10.4 Å². The zero-order valence-corrected chi connectivity index (χ0v) is 13.9. The van der Waals surface area contributed by atoms with E-state index in [1.54, 1.807) is 6.92 Å². The molecule has 4 nitrogen and oxygen atoms in total. The fourth-order valence-corrected chi connectivity index (χ4v) is 3.46. The predicted octanol–water partition coefficient (Wildman–Crippen LogP) is 3.41. The Kier molecular flexibility index (Phi) is 6.20. The van der Waals surface area contributed by atoms with Crippen molar-refractivity contribution in [3.05, 3.63) is 35.9 Å². The van der Waals surface area contributed by atoms with E-state index in [4.69, 9.17) is 0 Å². The van der Waals surface area contributed by atoms with Crippen LogP contribution >= 0.6 is 0 Å². The maximum atomic E-state index is 12.5. The van der Waals surface area contributed by atoms with E-state index in [9.17, 15) is 14.7 Å². The van der Waals surface area contributed by atoms with Gasteiger partial charge in [0.1, 0.15) is 5.41 Å². The Morgan fingerprint density at radius 1 is 1.17 bits per heavy atom. The average Bonchev–Trinajstić information content (AvgIpc) is 2.59. The van der Waals surface area contributed by atoms with E-state index in [0.717, 1.165) is 44.9 Å². The summed E-state index contributed by atoms with van der Waals surface area (Å²) >= 11 is 0. The van der Waals surface area contributed by atoms with E-state index in [-0.39, 0.29) is 11.8 Å². The maximum absolute atomic E-state index is 12.5. The standard InChI is InChI=1S/C19H27NO3/c1-19(18(22)23,16-12-6-3-7-13-16)17(21)20-14-8-11-15-9-4-2-5-10-15/h2,4-5,9-10,16H,3,6-8,11-14H2,1H3,(H,20,21)(H,22,23). The molecule has 4 heteroatoms. The van der Waals surface area contributed by atoms with Crippen molar-refractivity contribution in [3.63, 3.8) is 0 Å². The van der Waals surface area contributed by atoms with Gasteiger partial charge in [0.05, 0.1) is 0 Å². The third-order valence-electron chi connectivity index (χ3n) is 5.11. The molecule has 0 bridgehead atoms. The molecule has 0 saturated heterocycles. The van der Waals surface area contributed by atoms with Gasteiger partial charge in [0, 0.05) is 6.54 Å². The Bertz CT molecular complexity index is 523. The molecule has 0 aliphatic heterocycles. The van der Waals surface area contributed by atoms with Crippen molar-refractivity contribution in [2.45, 2.75) is 51.9 Å². The fraction of sp³-hybridized carbons (Fsp3) is 0.579. The summed E-state index contributed by atoms with van der Waals surface area (Å²) in [5.74, 6) is -1.38. The van der Waals surface area contributed by atoms with Gasteiger partial charge in [-0.3, -0.25) is 9.59 Å². The average molecular weight is 317 g/mol. The first-order valence-electron chi connectivity index (χ1n) is 8.60. The van der Waals surface area contributed by atoms with Gasteiger partial charge >= 0.3 is 5.97 Å². The van der Waals surface area contributed by atoms with Gasteiger partial charge in [0.15, 0.2) is 0 Å². The normalized spacial score (nSPS) is 18.1. The third-order valence-corrected chi connectivity index (χ3v) is 5.11. The van der Waals surface area contributed by atoms with Crippen molar-refractivity contribution in [2.75, 3.05) is 6.54 Å². The molecule has 1 aliphatic rings. The van der Waals surface area contributed by atoms with Crippen molar-refractivity contribution >= 4 is 11.9 Å². The molecule has 1 unspecified atom stereocenters. The van der Waals surface area contributed by atoms with Gasteiger partial charge in [-0.05, 0) is 44.1 Å². The predicted molar refractivity (Wildman–Crippen MR) is 90.1 cm³/mol. The molecule has 1 atom stereocenters. The monoisotopic (exact) mass is 317 g/mol. The Labute approximate surface area is 138 Å². The van der Waals surface area contributed by atoms with E-state index in [1.807, 2.05) is 18.2 Å². The first kappa shape index (κ1) is 17.5. The number of aryl methyl sites for hydroxylation is 1. The molecular weight excluding hydrogens is 290 g/mol. The molecule has 0 spiro atoms. The van der Waals surface area contributed by atoms with Crippen LogP contribution in [0.3, 0.4) is 0 Å². The van der Waals surface area contributed by atoms with Crippen molar-refractivity contribution in [2.24, 2.45) is 11.3 Å². The lowest BCUT2D eigenvalue weighted by Crippen LogP contribution is -2.50. The Morgan fingerprint density at radius 2 is 1.83 bits per heavy atom. The highest BCUT2D eigenvalue weighted by atomic mass is 16.4. The number of nitrogens with one attached hydrogen (secondary N) is 1. The number of aliphatic carboxylic acids is 1. The molecule has 1 fully saturated rings. The van der Waals surface area contributed by atoms with E-state index in [2.05, 4.69) is 17.4 Å². The number of hydrogen-bond acceptors (Lipinski definition) is 2. The van der Waals surface area contributed by atoms with Crippen LogP contribution in [0.15, 0.2) is 30.3 Å². The minimum absolute atomic E-state index is 0.0529. The lowest BCUT2D eigenvalue weighted by Gasteiger charge is -2.35. The second-order valence-corrected chi connectivity index (χ2v) is 6.69. The number of hydrogen-bond donors (Lipinski definition) is 2.